The maximum atomic E-state index is 12.5. The largest absolute Gasteiger partial charge is 0.462 e. The minimum Gasteiger partial charge on any atom is -0.462 e. The predicted molar refractivity (Wildman–Crippen MR) is 130 cm³/mol. The molecular formula is C23H26ClN5O3S. The second-order valence-electron chi connectivity index (χ2n) is 7.43. The number of nitrogens with zero attached hydrogens (tertiary/aromatic N) is 4. The smallest absolute Gasteiger partial charge is 0.338 e. The number of anilines is 1. The molecular weight excluding hydrogens is 462 g/mol. The molecule has 0 saturated carbocycles. The number of halogens is 1. The summed E-state index contributed by atoms with van der Waals surface area (Å²) in [7, 11) is 3.94. The molecule has 2 aromatic carbocycles. The van der Waals surface area contributed by atoms with Crippen molar-refractivity contribution in [2.75, 3.05) is 31.8 Å². The van der Waals surface area contributed by atoms with Crippen LogP contribution in [-0.2, 0) is 9.53 Å². The van der Waals surface area contributed by atoms with E-state index in [-0.39, 0.29) is 17.7 Å². The number of hydrogen-bond donors (Lipinski definition) is 1. The summed E-state index contributed by atoms with van der Waals surface area (Å²) in [5.41, 5.74) is 1.89. The van der Waals surface area contributed by atoms with Gasteiger partial charge in [-0.15, -0.1) is 10.2 Å². The number of hydrogen-bond acceptors (Lipinski definition) is 7. The van der Waals surface area contributed by atoms with Gasteiger partial charge in [0.1, 0.15) is 0 Å². The first-order valence-corrected chi connectivity index (χ1v) is 11.7. The third kappa shape index (κ3) is 6.34. The number of carbonyl (C=O) groups is 2. The van der Waals surface area contributed by atoms with Crippen LogP contribution in [0.2, 0.25) is 5.02 Å². The second kappa shape index (κ2) is 11.3. The standard InChI is InChI=1S/C23H26ClN5O3S/c1-5-32-22(31)16-6-10-18(11-7-16)25-20(30)14-33-23-27-26-21(15(2)28(3)4)29(23)19-12-8-17(24)9-13-19/h6-13,15H,5,14H2,1-4H3,(H,25,30)/t15-/m0/s1. The molecule has 3 aromatic rings. The first-order chi connectivity index (χ1) is 15.8. The Hall–Kier alpha value is -2.88. The van der Waals surface area contributed by atoms with E-state index in [1.54, 1.807) is 31.2 Å². The number of aromatic nitrogens is 3. The fourth-order valence-corrected chi connectivity index (χ4v) is 3.83. The van der Waals surface area contributed by atoms with Crippen LogP contribution in [0.15, 0.2) is 53.7 Å². The van der Waals surface area contributed by atoms with Gasteiger partial charge in [-0.3, -0.25) is 14.3 Å². The number of ether oxygens (including phenoxy) is 1. The zero-order chi connectivity index (χ0) is 24.0. The Morgan fingerprint density at radius 2 is 1.79 bits per heavy atom. The molecule has 0 bridgehead atoms. The van der Waals surface area contributed by atoms with E-state index in [0.29, 0.717) is 28.0 Å². The highest BCUT2D eigenvalue weighted by Crippen LogP contribution is 2.27. The molecule has 0 fully saturated rings. The molecule has 1 heterocycles. The zero-order valence-electron chi connectivity index (χ0n) is 18.9. The molecule has 0 radical (unpaired) electrons. The first-order valence-electron chi connectivity index (χ1n) is 10.4. The van der Waals surface area contributed by atoms with E-state index in [0.717, 1.165) is 11.5 Å². The van der Waals surface area contributed by atoms with E-state index < -0.39 is 5.97 Å². The summed E-state index contributed by atoms with van der Waals surface area (Å²) in [6.07, 6.45) is 0. The predicted octanol–water partition coefficient (Wildman–Crippen LogP) is 4.45. The van der Waals surface area contributed by atoms with Crippen molar-refractivity contribution in [1.82, 2.24) is 19.7 Å². The Balaban J connectivity index is 1.72. The lowest BCUT2D eigenvalue weighted by Crippen LogP contribution is -2.21. The van der Waals surface area contributed by atoms with E-state index in [9.17, 15) is 9.59 Å². The molecule has 10 heteroatoms. The first kappa shape index (κ1) is 24.8. The highest BCUT2D eigenvalue weighted by atomic mass is 35.5. The third-order valence-corrected chi connectivity index (χ3v) is 6.08. The van der Waals surface area contributed by atoms with Gasteiger partial charge in [0.05, 0.1) is 24.0 Å². The topological polar surface area (TPSA) is 89.3 Å². The Kier molecular flexibility index (Phi) is 8.49. The summed E-state index contributed by atoms with van der Waals surface area (Å²) >= 11 is 7.35. The average molecular weight is 488 g/mol. The van der Waals surface area contributed by atoms with Crippen LogP contribution in [-0.4, -0.2) is 58.0 Å². The van der Waals surface area contributed by atoms with Gasteiger partial charge in [-0.25, -0.2) is 4.79 Å². The van der Waals surface area contributed by atoms with E-state index >= 15 is 0 Å². The lowest BCUT2D eigenvalue weighted by Gasteiger charge is -2.20. The van der Waals surface area contributed by atoms with Gasteiger partial charge in [-0.1, -0.05) is 23.4 Å². The van der Waals surface area contributed by atoms with Gasteiger partial charge in [-0.05, 0) is 76.5 Å². The normalized spacial score (nSPS) is 11.9. The molecule has 0 aliphatic carbocycles. The number of nitrogens with one attached hydrogen (secondary N) is 1. The van der Waals surface area contributed by atoms with Crippen LogP contribution in [0.5, 0.6) is 0 Å². The van der Waals surface area contributed by atoms with E-state index in [1.165, 1.54) is 11.8 Å². The molecule has 1 amide bonds. The maximum Gasteiger partial charge on any atom is 0.338 e. The maximum absolute atomic E-state index is 12.5. The van der Waals surface area contributed by atoms with Crippen molar-refractivity contribution >= 4 is 40.9 Å². The summed E-state index contributed by atoms with van der Waals surface area (Å²) < 4.78 is 6.91. The van der Waals surface area contributed by atoms with Crippen molar-refractivity contribution in [2.24, 2.45) is 0 Å². The Bertz CT molecular complexity index is 1100. The van der Waals surface area contributed by atoms with Crippen LogP contribution < -0.4 is 5.32 Å². The Morgan fingerprint density at radius 1 is 1.12 bits per heavy atom. The van der Waals surface area contributed by atoms with Crippen molar-refractivity contribution in [2.45, 2.75) is 25.0 Å². The van der Waals surface area contributed by atoms with Gasteiger partial charge in [0.25, 0.3) is 0 Å². The number of carbonyl (C=O) groups excluding carboxylic acids is 2. The van der Waals surface area contributed by atoms with Crippen molar-refractivity contribution in [3.8, 4) is 5.69 Å². The van der Waals surface area contributed by atoms with Gasteiger partial charge >= 0.3 is 5.97 Å². The fraction of sp³-hybridized carbons (Fsp3) is 0.304. The molecule has 1 aromatic heterocycles. The van der Waals surface area contributed by atoms with Crippen molar-refractivity contribution in [3.05, 3.63) is 64.9 Å². The lowest BCUT2D eigenvalue weighted by molar-refractivity contribution is -0.113. The van der Waals surface area contributed by atoms with Crippen molar-refractivity contribution < 1.29 is 14.3 Å². The van der Waals surface area contributed by atoms with Gasteiger partial charge < -0.3 is 10.1 Å². The minimum atomic E-state index is -0.393. The van der Waals surface area contributed by atoms with Crippen LogP contribution in [0, 0.1) is 0 Å². The quantitative estimate of drug-likeness (QED) is 0.352. The van der Waals surface area contributed by atoms with Crippen molar-refractivity contribution in [3.63, 3.8) is 0 Å². The molecule has 8 nitrogen and oxygen atoms in total. The van der Waals surface area contributed by atoms with Crippen LogP contribution in [0.25, 0.3) is 5.69 Å². The molecule has 0 aliphatic rings. The number of esters is 1. The number of amides is 1. The van der Waals surface area contributed by atoms with Crippen LogP contribution in [0.3, 0.4) is 0 Å². The van der Waals surface area contributed by atoms with Crippen LogP contribution in [0.4, 0.5) is 5.69 Å². The third-order valence-electron chi connectivity index (χ3n) is 4.90. The monoisotopic (exact) mass is 487 g/mol. The zero-order valence-corrected chi connectivity index (χ0v) is 20.5. The van der Waals surface area contributed by atoms with Gasteiger partial charge in [-0.2, -0.15) is 0 Å². The lowest BCUT2D eigenvalue weighted by atomic mass is 10.2. The number of benzene rings is 2. The summed E-state index contributed by atoms with van der Waals surface area (Å²) in [4.78, 5) is 26.3. The van der Waals surface area contributed by atoms with E-state index in [2.05, 4.69) is 15.5 Å². The summed E-state index contributed by atoms with van der Waals surface area (Å²) in [6.45, 7) is 4.10. The van der Waals surface area contributed by atoms with Crippen LogP contribution >= 0.6 is 23.4 Å². The summed E-state index contributed by atoms with van der Waals surface area (Å²) in [6, 6.07) is 14.0. The highest BCUT2D eigenvalue weighted by molar-refractivity contribution is 7.99. The molecule has 0 saturated heterocycles. The number of thioether (sulfide) groups is 1. The molecule has 1 atom stereocenters. The minimum absolute atomic E-state index is 0.00858. The average Bonchev–Trinajstić information content (AvgIpc) is 3.22. The van der Waals surface area contributed by atoms with Gasteiger partial charge in [0.15, 0.2) is 11.0 Å². The SMILES string of the molecule is CCOC(=O)c1ccc(NC(=O)CSc2nnc([C@H](C)N(C)C)n2-c2ccc(Cl)cc2)cc1. The van der Waals surface area contributed by atoms with E-state index in [1.807, 2.05) is 54.8 Å². The summed E-state index contributed by atoms with van der Waals surface area (Å²) in [5.74, 6) is 0.313. The van der Waals surface area contributed by atoms with Gasteiger partial charge in [0.2, 0.25) is 5.91 Å². The molecule has 3 rings (SSSR count). The number of rotatable bonds is 9. The van der Waals surface area contributed by atoms with Crippen LogP contribution in [0.1, 0.15) is 36.1 Å². The molecule has 33 heavy (non-hydrogen) atoms. The molecule has 1 N–H and O–H groups in total. The highest BCUT2D eigenvalue weighted by Gasteiger charge is 2.21. The molecule has 0 spiro atoms. The fourth-order valence-electron chi connectivity index (χ4n) is 2.94. The summed E-state index contributed by atoms with van der Waals surface area (Å²) in [5, 5.41) is 12.8. The second-order valence-corrected chi connectivity index (χ2v) is 8.81. The molecule has 174 valence electrons. The van der Waals surface area contributed by atoms with E-state index in [4.69, 9.17) is 16.3 Å². The Labute approximate surface area is 202 Å². The van der Waals surface area contributed by atoms with Crippen molar-refractivity contribution in [1.29, 1.82) is 0 Å². The Morgan fingerprint density at radius 3 is 2.39 bits per heavy atom. The molecule has 0 unspecified atom stereocenters. The molecule has 0 aliphatic heterocycles. The van der Waals surface area contributed by atoms with Gasteiger partial charge in [0, 0.05) is 16.4 Å².